The highest BCUT2D eigenvalue weighted by molar-refractivity contribution is 9.10. The fourth-order valence-electron chi connectivity index (χ4n) is 2.78. The zero-order valence-electron chi connectivity index (χ0n) is 18.2. The Morgan fingerprint density at radius 2 is 1.65 bits per heavy atom. The second-order valence-corrected chi connectivity index (χ2v) is 8.45. The quantitative estimate of drug-likeness (QED) is 0.247. The van der Waals surface area contributed by atoms with E-state index in [4.69, 9.17) is 21.7 Å². The Hall–Kier alpha value is -2.12. The molecule has 2 rings (SSSR count). The van der Waals surface area contributed by atoms with Crippen molar-refractivity contribution in [1.29, 1.82) is 0 Å². The van der Waals surface area contributed by atoms with Crippen LogP contribution in [0.3, 0.4) is 0 Å². The first kappa shape index (κ1) is 25.1. The third kappa shape index (κ3) is 9.27. The molecular weight excluding hydrogens is 476 g/mol. The van der Waals surface area contributed by atoms with Crippen molar-refractivity contribution < 1.29 is 14.3 Å². The van der Waals surface area contributed by atoms with E-state index in [1.807, 2.05) is 24.3 Å². The lowest BCUT2D eigenvalue weighted by Crippen LogP contribution is -2.34. The normalized spacial score (nSPS) is 10.4. The van der Waals surface area contributed by atoms with Gasteiger partial charge in [-0.05, 0) is 83.5 Å². The Morgan fingerprint density at radius 1 is 0.935 bits per heavy atom. The summed E-state index contributed by atoms with van der Waals surface area (Å²) in [5.41, 5.74) is 1.27. The molecule has 2 N–H and O–H groups in total. The van der Waals surface area contributed by atoms with E-state index in [0.29, 0.717) is 18.8 Å². The van der Waals surface area contributed by atoms with Gasteiger partial charge in [0.25, 0.3) is 5.91 Å². The highest BCUT2D eigenvalue weighted by atomic mass is 79.9. The first-order valence-corrected chi connectivity index (χ1v) is 12.0. The molecule has 5 nitrogen and oxygen atoms in total. The average molecular weight is 507 g/mol. The van der Waals surface area contributed by atoms with Crippen LogP contribution < -0.4 is 20.1 Å². The molecule has 31 heavy (non-hydrogen) atoms. The summed E-state index contributed by atoms with van der Waals surface area (Å²) >= 11 is 8.75. The van der Waals surface area contributed by atoms with E-state index in [-0.39, 0.29) is 11.0 Å². The van der Waals surface area contributed by atoms with Gasteiger partial charge in [0.05, 0.1) is 17.7 Å². The largest absolute Gasteiger partial charge is 0.494 e. The lowest BCUT2D eigenvalue weighted by Gasteiger charge is -2.12. The van der Waals surface area contributed by atoms with E-state index in [0.717, 1.165) is 47.3 Å². The topological polar surface area (TPSA) is 59.6 Å². The third-order valence-electron chi connectivity index (χ3n) is 4.56. The van der Waals surface area contributed by atoms with E-state index in [1.54, 1.807) is 18.2 Å². The number of anilines is 1. The maximum atomic E-state index is 12.5. The van der Waals surface area contributed by atoms with Crippen LogP contribution in [0.1, 0.15) is 62.7 Å². The van der Waals surface area contributed by atoms with Crippen LogP contribution in [0.15, 0.2) is 46.9 Å². The molecule has 2 aromatic rings. The fraction of sp³-hybridized carbons (Fsp3) is 0.417. The Kier molecular flexibility index (Phi) is 11.4. The molecule has 0 fully saturated rings. The average Bonchev–Trinajstić information content (AvgIpc) is 2.76. The van der Waals surface area contributed by atoms with Crippen molar-refractivity contribution in [2.45, 2.75) is 52.4 Å². The molecule has 0 saturated carbocycles. The van der Waals surface area contributed by atoms with Crippen LogP contribution in [-0.4, -0.2) is 24.2 Å². The summed E-state index contributed by atoms with van der Waals surface area (Å²) in [6.45, 7) is 5.68. The molecule has 0 aliphatic rings. The van der Waals surface area contributed by atoms with Gasteiger partial charge in [0.15, 0.2) is 5.11 Å². The Bertz CT molecular complexity index is 843. The summed E-state index contributed by atoms with van der Waals surface area (Å²) in [6, 6.07) is 12.7. The van der Waals surface area contributed by atoms with Gasteiger partial charge in [0, 0.05) is 11.3 Å². The number of hydrogen-bond acceptors (Lipinski definition) is 4. The number of benzene rings is 2. The summed E-state index contributed by atoms with van der Waals surface area (Å²) in [6.07, 6.45) is 6.72. The summed E-state index contributed by atoms with van der Waals surface area (Å²) in [5.74, 6) is 1.26. The van der Waals surface area contributed by atoms with Crippen LogP contribution in [0, 0.1) is 0 Å². The molecule has 0 radical (unpaired) electrons. The second kappa shape index (κ2) is 14.0. The molecule has 0 aliphatic heterocycles. The maximum absolute atomic E-state index is 12.5. The lowest BCUT2D eigenvalue weighted by molar-refractivity contribution is 0.0977. The monoisotopic (exact) mass is 506 g/mol. The van der Waals surface area contributed by atoms with Gasteiger partial charge in [-0.25, -0.2) is 0 Å². The van der Waals surface area contributed by atoms with Crippen LogP contribution in [0.2, 0.25) is 0 Å². The number of rotatable bonds is 12. The molecule has 0 atom stereocenters. The SMILES string of the molecule is CCCCCCOc1ccc(C(=O)NC(=S)Nc2ccc(OCCCC)cc2)cc1Br. The molecule has 0 aromatic heterocycles. The molecule has 0 unspecified atom stereocenters. The van der Waals surface area contributed by atoms with Gasteiger partial charge in [-0.15, -0.1) is 0 Å². The zero-order chi connectivity index (χ0) is 22.5. The van der Waals surface area contributed by atoms with Gasteiger partial charge in [-0.3, -0.25) is 10.1 Å². The molecule has 0 spiro atoms. The first-order chi connectivity index (χ1) is 15.0. The zero-order valence-corrected chi connectivity index (χ0v) is 20.6. The highest BCUT2D eigenvalue weighted by Crippen LogP contribution is 2.26. The van der Waals surface area contributed by atoms with Crippen molar-refractivity contribution in [3.05, 3.63) is 52.5 Å². The molecule has 0 saturated heterocycles. The lowest BCUT2D eigenvalue weighted by atomic mass is 10.2. The van der Waals surface area contributed by atoms with Gasteiger partial charge >= 0.3 is 0 Å². The van der Waals surface area contributed by atoms with Gasteiger partial charge in [-0.2, -0.15) is 0 Å². The third-order valence-corrected chi connectivity index (χ3v) is 5.38. The number of thiocarbonyl (C=S) groups is 1. The molecule has 7 heteroatoms. The van der Waals surface area contributed by atoms with Crippen molar-refractivity contribution >= 4 is 44.9 Å². The maximum Gasteiger partial charge on any atom is 0.257 e. The van der Waals surface area contributed by atoms with Gasteiger partial charge in [0.1, 0.15) is 11.5 Å². The number of nitrogens with one attached hydrogen (secondary N) is 2. The number of carbonyl (C=O) groups excluding carboxylic acids is 1. The van der Waals surface area contributed by atoms with E-state index < -0.39 is 0 Å². The predicted octanol–water partition coefficient (Wildman–Crippen LogP) is 6.71. The van der Waals surface area contributed by atoms with Gasteiger partial charge in [0.2, 0.25) is 0 Å². The number of hydrogen-bond donors (Lipinski definition) is 2. The summed E-state index contributed by atoms with van der Waals surface area (Å²) < 4.78 is 12.2. The molecular formula is C24H31BrN2O3S. The number of carbonyl (C=O) groups is 1. The minimum atomic E-state index is -0.285. The van der Waals surface area contributed by atoms with Crippen LogP contribution in [0.4, 0.5) is 5.69 Å². The van der Waals surface area contributed by atoms with Crippen molar-refractivity contribution in [2.24, 2.45) is 0 Å². The van der Waals surface area contributed by atoms with Crippen molar-refractivity contribution in [1.82, 2.24) is 5.32 Å². The second-order valence-electron chi connectivity index (χ2n) is 7.19. The number of amides is 1. The molecule has 0 aliphatic carbocycles. The van der Waals surface area contributed by atoms with E-state index in [9.17, 15) is 4.79 Å². The van der Waals surface area contributed by atoms with Crippen LogP contribution in [-0.2, 0) is 0 Å². The van der Waals surface area contributed by atoms with Crippen LogP contribution in [0.25, 0.3) is 0 Å². The van der Waals surface area contributed by atoms with Gasteiger partial charge in [-0.1, -0.05) is 39.5 Å². The molecule has 168 valence electrons. The number of unbranched alkanes of at least 4 members (excludes halogenated alkanes) is 4. The first-order valence-electron chi connectivity index (χ1n) is 10.8. The summed E-state index contributed by atoms with van der Waals surface area (Å²) in [5, 5.41) is 5.95. The van der Waals surface area contributed by atoms with E-state index in [2.05, 4.69) is 40.4 Å². The van der Waals surface area contributed by atoms with E-state index in [1.165, 1.54) is 12.8 Å². The van der Waals surface area contributed by atoms with Gasteiger partial charge < -0.3 is 14.8 Å². The van der Waals surface area contributed by atoms with Crippen molar-refractivity contribution in [3.8, 4) is 11.5 Å². The number of ether oxygens (including phenoxy) is 2. The minimum Gasteiger partial charge on any atom is -0.494 e. The molecule has 1 amide bonds. The molecule has 0 heterocycles. The van der Waals surface area contributed by atoms with Crippen LogP contribution in [0.5, 0.6) is 11.5 Å². The molecule has 0 bridgehead atoms. The summed E-state index contributed by atoms with van der Waals surface area (Å²) in [7, 11) is 0. The number of halogens is 1. The Morgan fingerprint density at radius 3 is 2.32 bits per heavy atom. The highest BCUT2D eigenvalue weighted by Gasteiger charge is 2.11. The van der Waals surface area contributed by atoms with E-state index >= 15 is 0 Å². The predicted molar refractivity (Wildman–Crippen MR) is 134 cm³/mol. The fourth-order valence-corrected chi connectivity index (χ4v) is 3.48. The molecule has 2 aromatic carbocycles. The van der Waals surface area contributed by atoms with Crippen molar-refractivity contribution in [2.75, 3.05) is 18.5 Å². The Balaban J connectivity index is 1.82. The van der Waals surface area contributed by atoms with Crippen LogP contribution >= 0.6 is 28.1 Å². The standard InChI is InChI=1S/C24H31BrN2O3S/c1-3-5-7-8-16-30-22-14-9-18(17-21(22)25)23(28)27-24(31)26-19-10-12-20(13-11-19)29-15-6-4-2/h9-14,17H,3-8,15-16H2,1-2H3,(H2,26,27,28,31). The smallest absolute Gasteiger partial charge is 0.257 e. The summed E-state index contributed by atoms with van der Waals surface area (Å²) in [4.78, 5) is 12.5. The minimum absolute atomic E-state index is 0.233. The Labute approximate surface area is 199 Å². The van der Waals surface area contributed by atoms with Crippen molar-refractivity contribution in [3.63, 3.8) is 0 Å².